The van der Waals surface area contributed by atoms with Gasteiger partial charge in [0.05, 0.1) is 28.9 Å². The Bertz CT molecular complexity index is 2880. The summed E-state index contributed by atoms with van der Waals surface area (Å²) in [4.78, 5) is 88.4. The summed E-state index contributed by atoms with van der Waals surface area (Å²) in [5, 5.41) is 59.6. The quantitative estimate of drug-likeness (QED) is 0.0490. The second-order valence-corrected chi connectivity index (χ2v) is 18.1. The molecule has 2 fully saturated rings. The lowest BCUT2D eigenvalue weighted by Gasteiger charge is -2.39. The molecule has 0 bridgehead atoms. The molecule has 8 rings (SSSR count). The third-order valence-corrected chi connectivity index (χ3v) is 12.9. The van der Waals surface area contributed by atoms with Crippen molar-refractivity contribution in [2.75, 3.05) is 43.4 Å². The Hall–Kier alpha value is -7.34. The molecular weight excluding hydrogens is 949 g/mol. The van der Waals surface area contributed by atoms with E-state index in [0.29, 0.717) is 40.5 Å². The number of imide groups is 1. The van der Waals surface area contributed by atoms with Crippen LogP contribution in [-0.2, 0) is 54.8 Å². The van der Waals surface area contributed by atoms with Gasteiger partial charge in [0.25, 0.3) is 11.8 Å². The molecule has 3 aromatic carbocycles. The molecule has 5 amide bonds. The Morgan fingerprint density at radius 1 is 0.822 bits per heavy atom. The van der Waals surface area contributed by atoms with Crippen LogP contribution in [0.25, 0.3) is 21.9 Å². The molecule has 22 heteroatoms. The Balaban J connectivity index is 1.01. The van der Waals surface area contributed by atoms with Crippen molar-refractivity contribution in [1.82, 2.24) is 29.7 Å². The largest absolute Gasteiger partial charge is 0.478 e. The maximum absolute atomic E-state index is 13.7. The molecule has 2 saturated heterocycles. The molecule has 0 radical (unpaired) electrons. The number of amides is 5. The van der Waals surface area contributed by atoms with Crippen LogP contribution in [0.15, 0.2) is 72.8 Å². The summed E-state index contributed by atoms with van der Waals surface area (Å²) in [6.07, 6.45) is -2.61. The van der Waals surface area contributed by atoms with E-state index in [1.807, 2.05) is 0 Å². The molecule has 5 aromatic rings. The zero-order chi connectivity index (χ0) is 51.8. The molecule has 2 aromatic heterocycles. The number of aliphatic hydroxyl groups is 4. The number of benzene rings is 3. The first-order valence-corrected chi connectivity index (χ1v) is 24.2. The van der Waals surface area contributed by atoms with Gasteiger partial charge in [0.15, 0.2) is 5.82 Å². The average Bonchev–Trinajstić information content (AvgIpc) is 4.11. The number of hydrogen-bond donors (Lipinski definition) is 8. The molecular formula is C51H58N8O14. The zero-order valence-electron chi connectivity index (χ0n) is 40.1. The van der Waals surface area contributed by atoms with Crippen molar-refractivity contribution in [1.29, 1.82) is 0 Å². The first-order chi connectivity index (χ1) is 35.2. The van der Waals surface area contributed by atoms with E-state index in [-0.39, 0.29) is 55.4 Å². The molecule has 386 valence electrons. The van der Waals surface area contributed by atoms with E-state index in [9.17, 15) is 54.3 Å². The first-order valence-electron chi connectivity index (χ1n) is 24.2. The SMILES string of the molecule is CCCCc1nc2c(NC(=O)OCc3ccc(O[C@H]4O[C@H](CO)[C@@H](O)[C@H](O)[C@@H]4O)c(NC(=O)CCNC(=O)CCN4C(=O)C=CC4=O)c3)nc3cc(C(=O)O)ccc3c2n1Cc1ccc(CN2CCCC2)cc1. The van der Waals surface area contributed by atoms with Crippen molar-refractivity contribution in [3.63, 3.8) is 0 Å². The summed E-state index contributed by atoms with van der Waals surface area (Å²) < 4.78 is 19.1. The number of carbonyl (C=O) groups excluding carboxylic acids is 5. The van der Waals surface area contributed by atoms with Crippen LogP contribution in [0.2, 0.25) is 0 Å². The highest BCUT2D eigenvalue weighted by molar-refractivity contribution is 6.13. The second kappa shape index (κ2) is 23.5. The van der Waals surface area contributed by atoms with Gasteiger partial charge < -0.3 is 54.9 Å². The average molecular weight is 1010 g/mol. The molecule has 3 aliphatic heterocycles. The number of aliphatic hydroxyl groups excluding tert-OH is 4. The van der Waals surface area contributed by atoms with Gasteiger partial charge in [0.2, 0.25) is 18.1 Å². The third kappa shape index (κ3) is 12.5. The number of carboxylic acids is 1. The number of imidazole rings is 1. The van der Waals surface area contributed by atoms with Gasteiger partial charge in [0, 0.05) is 63.0 Å². The number of aromatic nitrogens is 3. The lowest BCUT2D eigenvalue weighted by Crippen LogP contribution is -2.60. The lowest BCUT2D eigenvalue weighted by molar-refractivity contribution is -0.277. The van der Waals surface area contributed by atoms with Crippen molar-refractivity contribution in [2.45, 2.75) is 102 Å². The summed E-state index contributed by atoms with van der Waals surface area (Å²) in [6, 6.07) is 17.3. The number of nitrogens with zero attached hydrogens (tertiary/aromatic N) is 5. The third-order valence-electron chi connectivity index (χ3n) is 12.9. The number of carbonyl (C=O) groups is 6. The van der Waals surface area contributed by atoms with Crippen LogP contribution in [0.1, 0.15) is 78.3 Å². The first kappa shape index (κ1) is 52.0. The standard InChI is InChI=1S/C51H58N8O14/c1-2-3-6-38-55-43-44(59(38)26-30-9-7-29(8-10-30)25-57-20-4-5-21-57)33-13-12-32(49(68)69)24-34(33)54-48(43)56-51(70)71-28-31-11-14-36(72-50-47(67)46(66)45(65)37(27-60)73-50)35(23-31)53-40(62)17-19-52-39(61)18-22-58-41(63)15-16-42(58)64/h7-16,23-24,37,45-47,50,60,65-67H,2-6,17-22,25-28H2,1H3,(H,52,61)(H,53,62)(H,68,69)(H,54,56,70)/t37-,45-,46+,47+,50+/m1/s1. The maximum atomic E-state index is 13.7. The zero-order valence-corrected chi connectivity index (χ0v) is 40.1. The van der Waals surface area contributed by atoms with Crippen molar-refractivity contribution < 1.29 is 68.5 Å². The van der Waals surface area contributed by atoms with Gasteiger partial charge in [-0.15, -0.1) is 0 Å². The summed E-state index contributed by atoms with van der Waals surface area (Å²) >= 11 is 0. The smallest absolute Gasteiger partial charge is 0.413 e. The van der Waals surface area contributed by atoms with Crippen LogP contribution in [0.5, 0.6) is 5.75 Å². The molecule has 0 aliphatic carbocycles. The van der Waals surface area contributed by atoms with E-state index in [1.165, 1.54) is 48.7 Å². The van der Waals surface area contributed by atoms with E-state index in [4.69, 9.17) is 24.2 Å². The Morgan fingerprint density at radius 3 is 2.23 bits per heavy atom. The van der Waals surface area contributed by atoms with Crippen LogP contribution in [0.3, 0.4) is 0 Å². The minimum Gasteiger partial charge on any atom is -0.478 e. The number of nitrogens with one attached hydrogen (secondary N) is 3. The predicted octanol–water partition coefficient (Wildman–Crippen LogP) is 2.96. The summed E-state index contributed by atoms with van der Waals surface area (Å²) in [7, 11) is 0. The van der Waals surface area contributed by atoms with Crippen LogP contribution >= 0.6 is 0 Å². The molecule has 3 aliphatic rings. The van der Waals surface area contributed by atoms with Gasteiger partial charge in [-0.05, 0) is 79.4 Å². The fraction of sp³-hybridized carbons (Fsp3) is 0.412. The van der Waals surface area contributed by atoms with Gasteiger partial charge in [-0.2, -0.15) is 0 Å². The van der Waals surface area contributed by atoms with E-state index in [0.717, 1.165) is 60.9 Å². The fourth-order valence-corrected chi connectivity index (χ4v) is 8.90. The summed E-state index contributed by atoms with van der Waals surface area (Å²) in [6.45, 7) is 4.17. The number of hydrogen-bond acceptors (Lipinski definition) is 16. The topological polar surface area (TPSA) is 305 Å². The molecule has 5 atom stereocenters. The highest BCUT2D eigenvalue weighted by Crippen LogP contribution is 2.34. The van der Waals surface area contributed by atoms with E-state index >= 15 is 0 Å². The molecule has 0 unspecified atom stereocenters. The number of likely N-dealkylation sites (tertiary alicyclic amines) is 1. The van der Waals surface area contributed by atoms with Crippen molar-refractivity contribution in [3.05, 3.63) is 101 Å². The number of pyridine rings is 1. The monoisotopic (exact) mass is 1010 g/mol. The predicted molar refractivity (Wildman–Crippen MR) is 262 cm³/mol. The Kier molecular flexibility index (Phi) is 16.7. The van der Waals surface area contributed by atoms with Crippen LogP contribution in [-0.4, -0.2) is 149 Å². The van der Waals surface area contributed by atoms with Crippen LogP contribution in [0.4, 0.5) is 16.3 Å². The number of unbranched alkanes of at least 4 members (excludes halogenated alkanes) is 1. The number of aromatic carboxylic acids is 1. The number of anilines is 2. The van der Waals surface area contributed by atoms with Gasteiger partial charge >= 0.3 is 12.1 Å². The normalized spacial score (nSPS) is 20.0. The highest BCUT2D eigenvalue weighted by Gasteiger charge is 2.45. The molecule has 22 nitrogen and oxygen atoms in total. The molecule has 5 heterocycles. The number of fused-ring (bicyclic) bond motifs is 3. The van der Waals surface area contributed by atoms with E-state index in [1.54, 1.807) is 6.07 Å². The van der Waals surface area contributed by atoms with Gasteiger partial charge in [-0.25, -0.2) is 19.6 Å². The van der Waals surface area contributed by atoms with Crippen LogP contribution in [0, 0.1) is 0 Å². The minimum atomic E-state index is -1.79. The minimum absolute atomic E-state index is 0.00582. The highest BCUT2D eigenvalue weighted by atomic mass is 16.7. The maximum Gasteiger partial charge on any atom is 0.413 e. The van der Waals surface area contributed by atoms with E-state index in [2.05, 4.69) is 56.6 Å². The summed E-state index contributed by atoms with van der Waals surface area (Å²) in [5.74, 6) is -2.69. The Morgan fingerprint density at radius 2 is 1.53 bits per heavy atom. The van der Waals surface area contributed by atoms with Crippen LogP contribution < -0.4 is 20.7 Å². The second-order valence-electron chi connectivity index (χ2n) is 18.1. The molecule has 73 heavy (non-hydrogen) atoms. The number of rotatable bonds is 21. The van der Waals surface area contributed by atoms with Crippen molar-refractivity contribution in [2.24, 2.45) is 0 Å². The van der Waals surface area contributed by atoms with Crippen molar-refractivity contribution in [3.8, 4) is 5.75 Å². The van der Waals surface area contributed by atoms with Gasteiger partial charge in [-0.3, -0.25) is 34.3 Å². The van der Waals surface area contributed by atoms with Gasteiger partial charge in [-0.1, -0.05) is 43.7 Å². The lowest BCUT2D eigenvalue weighted by atomic mass is 9.99. The molecule has 8 N–H and O–H groups in total. The molecule has 0 spiro atoms. The van der Waals surface area contributed by atoms with Gasteiger partial charge in [0.1, 0.15) is 48.1 Å². The Labute approximate surface area is 418 Å². The number of aryl methyl sites for hydroxylation is 1. The van der Waals surface area contributed by atoms with E-state index < -0.39 is 73.0 Å². The molecule has 0 saturated carbocycles. The fourth-order valence-electron chi connectivity index (χ4n) is 8.90. The van der Waals surface area contributed by atoms with Crippen molar-refractivity contribution >= 4 is 69.1 Å². The number of carboxylic acid groups (broad SMARTS) is 1. The number of ether oxygens (including phenoxy) is 3. The summed E-state index contributed by atoms with van der Waals surface area (Å²) in [5.41, 5.74) is 3.85.